The molecule has 0 spiro atoms. The van der Waals surface area contributed by atoms with Crippen LogP contribution in [0.4, 0.5) is 0 Å². The van der Waals surface area contributed by atoms with Gasteiger partial charge in [-0.1, -0.05) is 17.7 Å². The molecule has 16 heavy (non-hydrogen) atoms. The predicted octanol–water partition coefficient (Wildman–Crippen LogP) is 0.512. The second-order valence-electron chi connectivity index (χ2n) is 3.76. The van der Waals surface area contributed by atoms with Crippen molar-refractivity contribution in [3.8, 4) is 0 Å². The standard InChI is InChI=1S/C11H16O4S/c1-9-2-4-11(5-3-9)16(14,15)7-6-10(13)8-12/h2-5,10,12-13H,6-8H2,1H3/t10-/m1/s1. The van der Waals surface area contributed by atoms with E-state index < -0.39 is 22.5 Å². The van der Waals surface area contributed by atoms with Crippen molar-refractivity contribution in [3.63, 3.8) is 0 Å². The Hall–Kier alpha value is -0.910. The summed E-state index contributed by atoms with van der Waals surface area (Å²) in [6.07, 6.45) is -0.924. The number of aliphatic hydroxyl groups excluding tert-OH is 2. The van der Waals surface area contributed by atoms with E-state index >= 15 is 0 Å². The lowest BCUT2D eigenvalue weighted by atomic mass is 10.2. The van der Waals surface area contributed by atoms with E-state index in [4.69, 9.17) is 10.2 Å². The molecule has 0 heterocycles. The van der Waals surface area contributed by atoms with Crippen LogP contribution in [0.25, 0.3) is 0 Å². The zero-order valence-corrected chi connectivity index (χ0v) is 9.94. The highest BCUT2D eigenvalue weighted by molar-refractivity contribution is 7.91. The average Bonchev–Trinajstić information content (AvgIpc) is 2.26. The second kappa shape index (κ2) is 5.43. The van der Waals surface area contributed by atoms with E-state index in [1.165, 1.54) is 0 Å². The zero-order valence-electron chi connectivity index (χ0n) is 9.13. The van der Waals surface area contributed by atoms with Gasteiger partial charge in [0.25, 0.3) is 0 Å². The number of rotatable bonds is 5. The van der Waals surface area contributed by atoms with E-state index in [-0.39, 0.29) is 17.1 Å². The molecule has 0 aliphatic carbocycles. The number of hydrogen-bond donors (Lipinski definition) is 2. The van der Waals surface area contributed by atoms with Crippen molar-refractivity contribution in [2.24, 2.45) is 0 Å². The van der Waals surface area contributed by atoms with Crippen LogP contribution in [-0.2, 0) is 9.84 Å². The van der Waals surface area contributed by atoms with Crippen molar-refractivity contribution in [2.45, 2.75) is 24.3 Å². The largest absolute Gasteiger partial charge is 0.394 e. The lowest BCUT2D eigenvalue weighted by Gasteiger charge is -2.08. The molecule has 0 bridgehead atoms. The average molecular weight is 244 g/mol. The number of aliphatic hydroxyl groups is 2. The van der Waals surface area contributed by atoms with Crippen molar-refractivity contribution in [1.82, 2.24) is 0 Å². The fourth-order valence-corrected chi connectivity index (χ4v) is 2.61. The summed E-state index contributed by atoms with van der Waals surface area (Å²) in [7, 11) is -3.35. The summed E-state index contributed by atoms with van der Waals surface area (Å²) in [6.45, 7) is 1.47. The number of aryl methyl sites for hydroxylation is 1. The Bertz CT molecular complexity index is 422. The molecule has 1 rings (SSSR count). The van der Waals surface area contributed by atoms with Gasteiger partial charge in [0.15, 0.2) is 9.84 Å². The molecular formula is C11H16O4S. The van der Waals surface area contributed by atoms with Crippen LogP contribution in [0, 0.1) is 6.92 Å². The summed E-state index contributed by atoms with van der Waals surface area (Å²) in [4.78, 5) is 0.253. The summed E-state index contributed by atoms with van der Waals surface area (Å²) < 4.78 is 23.5. The molecular weight excluding hydrogens is 228 g/mol. The molecule has 0 aliphatic rings. The molecule has 4 nitrogen and oxygen atoms in total. The molecule has 0 amide bonds. The van der Waals surface area contributed by atoms with E-state index in [1.807, 2.05) is 6.92 Å². The summed E-state index contributed by atoms with van der Waals surface area (Å²) >= 11 is 0. The lowest BCUT2D eigenvalue weighted by molar-refractivity contribution is 0.0928. The minimum atomic E-state index is -3.35. The van der Waals surface area contributed by atoms with Gasteiger partial charge < -0.3 is 10.2 Å². The summed E-state index contributed by atoms with van der Waals surface area (Å²) in [5.74, 6) is -0.155. The van der Waals surface area contributed by atoms with E-state index in [1.54, 1.807) is 24.3 Å². The van der Waals surface area contributed by atoms with Crippen LogP contribution in [-0.4, -0.2) is 37.1 Å². The Morgan fingerprint density at radius 2 is 1.81 bits per heavy atom. The summed E-state index contributed by atoms with van der Waals surface area (Å²) in [5.41, 5.74) is 0.995. The smallest absolute Gasteiger partial charge is 0.178 e. The van der Waals surface area contributed by atoms with Crippen molar-refractivity contribution in [3.05, 3.63) is 29.8 Å². The predicted molar refractivity (Wildman–Crippen MR) is 60.9 cm³/mol. The van der Waals surface area contributed by atoms with Crippen LogP contribution in [0.5, 0.6) is 0 Å². The molecule has 1 atom stereocenters. The fourth-order valence-electron chi connectivity index (χ4n) is 1.25. The second-order valence-corrected chi connectivity index (χ2v) is 5.87. The van der Waals surface area contributed by atoms with Crippen LogP contribution in [0.1, 0.15) is 12.0 Å². The van der Waals surface area contributed by atoms with Gasteiger partial charge in [0.1, 0.15) is 0 Å². The van der Waals surface area contributed by atoms with E-state index in [0.29, 0.717) is 0 Å². The third-order valence-electron chi connectivity index (χ3n) is 2.31. The van der Waals surface area contributed by atoms with Crippen molar-refractivity contribution < 1.29 is 18.6 Å². The van der Waals surface area contributed by atoms with Crippen molar-refractivity contribution in [1.29, 1.82) is 0 Å². The Morgan fingerprint density at radius 1 is 1.25 bits per heavy atom. The van der Waals surface area contributed by atoms with Crippen LogP contribution < -0.4 is 0 Å². The Balaban J connectivity index is 2.74. The first-order chi connectivity index (χ1) is 7.45. The normalized spacial score (nSPS) is 13.7. The molecule has 1 aromatic rings. The molecule has 0 saturated heterocycles. The molecule has 0 aromatic heterocycles. The Kier molecular flexibility index (Phi) is 4.46. The third-order valence-corrected chi connectivity index (χ3v) is 4.07. The van der Waals surface area contributed by atoms with Gasteiger partial charge in [-0.3, -0.25) is 0 Å². The van der Waals surface area contributed by atoms with Gasteiger partial charge in [0, 0.05) is 0 Å². The summed E-state index contributed by atoms with van der Waals surface area (Å²) in [5, 5.41) is 17.7. The van der Waals surface area contributed by atoms with Crippen LogP contribution in [0.3, 0.4) is 0 Å². The maximum Gasteiger partial charge on any atom is 0.178 e. The summed E-state index contributed by atoms with van der Waals surface area (Å²) in [6, 6.07) is 6.57. The fraction of sp³-hybridized carbons (Fsp3) is 0.455. The minimum absolute atomic E-state index is 0.0483. The molecule has 0 radical (unpaired) electrons. The van der Waals surface area contributed by atoms with Gasteiger partial charge in [-0.15, -0.1) is 0 Å². The van der Waals surface area contributed by atoms with Crippen LogP contribution in [0.15, 0.2) is 29.2 Å². The van der Waals surface area contributed by atoms with E-state index in [9.17, 15) is 8.42 Å². The van der Waals surface area contributed by atoms with E-state index in [0.717, 1.165) is 5.56 Å². The first-order valence-electron chi connectivity index (χ1n) is 5.04. The lowest BCUT2D eigenvalue weighted by Crippen LogP contribution is -2.18. The van der Waals surface area contributed by atoms with Crippen LogP contribution in [0.2, 0.25) is 0 Å². The molecule has 0 unspecified atom stereocenters. The maximum atomic E-state index is 11.8. The first-order valence-corrected chi connectivity index (χ1v) is 6.69. The highest BCUT2D eigenvalue weighted by atomic mass is 32.2. The van der Waals surface area contributed by atoms with Crippen molar-refractivity contribution >= 4 is 9.84 Å². The first kappa shape index (κ1) is 13.2. The highest BCUT2D eigenvalue weighted by Gasteiger charge is 2.16. The number of hydrogen-bond acceptors (Lipinski definition) is 4. The van der Waals surface area contributed by atoms with E-state index in [2.05, 4.69) is 0 Å². The van der Waals surface area contributed by atoms with Gasteiger partial charge in [0.2, 0.25) is 0 Å². The minimum Gasteiger partial charge on any atom is -0.394 e. The molecule has 5 heteroatoms. The molecule has 0 saturated carbocycles. The quantitative estimate of drug-likeness (QED) is 0.791. The highest BCUT2D eigenvalue weighted by Crippen LogP contribution is 2.13. The zero-order chi connectivity index (χ0) is 12.2. The monoisotopic (exact) mass is 244 g/mol. The van der Waals surface area contributed by atoms with Gasteiger partial charge in [-0.2, -0.15) is 0 Å². The molecule has 0 aliphatic heterocycles. The van der Waals surface area contributed by atoms with Gasteiger partial charge in [-0.05, 0) is 25.5 Å². The molecule has 1 aromatic carbocycles. The maximum absolute atomic E-state index is 11.8. The molecule has 2 N–H and O–H groups in total. The molecule has 90 valence electrons. The van der Waals surface area contributed by atoms with Crippen LogP contribution >= 0.6 is 0 Å². The molecule has 0 fully saturated rings. The number of benzene rings is 1. The Morgan fingerprint density at radius 3 is 2.31 bits per heavy atom. The van der Waals surface area contributed by atoms with Gasteiger partial charge in [0.05, 0.1) is 23.4 Å². The van der Waals surface area contributed by atoms with Gasteiger partial charge in [-0.25, -0.2) is 8.42 Å². The number of sulfone groups is 1. The topological polar surface area (TPSA) is 74.6 Å². The Labute approximate surface area is 95.5 Å². The third kappa shape index (κ3) is 3.59. The van der Waals surface area contributed by atoms with Gasteiger partial charge >= 0.3 is 0 Å². The SMILES string of the molecule is Cc1ccc(S(=O)(=O)CC[C@@H](O)CO)cc1. The van der Waals surface area contributed by atoms with Crippen molar-refractivity contribution in [2.75, 3.05) is 12.4 Å².